The zero-order valence-electron chi connectivity index (χ0n) is 4.41. The number of halogens is 2. The molecule has 0 bridgehead atoms. The summed E-state index contributed by atoms with van der Waals surface area (Å²) in [6, 6.07) is 0. The highest BCUT2D eigenvalue weighted by atomic mass is 79.9. The topological polar surface area (TPSA) is 0 Å². The Bertz CT molecular complexity index is 68.6. The lowest BCUT2D eigenvalue weighted by atomic mass is 10.2. The standard InChI is InChI=1S/C5H8Br2/c1-5(2,7)3-4-6/h3-4H,1-2H3. The van der Waals surface area contributed by atoms with Crippen molar-refractivity contribution in [1.82, 2.24) is 0 Å². The van der Waals surface area contributed by atoms with Gasteiger partial charge in [-0.15, -0.1) is 0 Å². The summed E-state index contributed by atoms with van der Waals surface area (Å²) < 4.78 is 0.135. The van der Waals surface area contributed by atoms with Gasteiger partial charge in [0, 0.05) is 4.32 Å². The first-order valence-electron chi connectivity index (χ1n) is 2.03. The first kappa shape index (κ1) is 7.70. The molecule has 7 heavy (non-hydrogen) atoms. The molecule has 2 heteroatoms. The molecule has 42 valence electrons. The Hall–Kier alpha value is 0.700. The molecule has 0 atom stereocenters. The van der Waals surface area contributed by atoms with E-state index >= 15 is 0 Å². The third-order valence-corrected chi connectivity index (χ3v) is 0.988. The fourth-order valence-corrected chi connectivity index (χ4v) is 1.30. The van der Waals surface area contributed by atoms with E-state index in [1.54, 1.807) is 0 Å². The van der Waals surface area contributed by atoms with Crippen molar-refractivity contribution in [3.05, 3.63) is 11.1 Å². The summed E-state index contributed by atoms with van der Waals surface area (Å²) in [6.07, 6.45) is 2.02. The minimum atomic E-state index is 0.135. The highest BCUT2D eigenvalue weighted by molar-refractivity contribution is 9.11. The van der Waals surface area contributed by atoms with Crippen molar-refractivity contribution < 1.29 is 0 Å². The van der Waals surface area contributed by atoms with Gasteiger partial charge in [0.1, 0.15) is 0 Å². The molecule has 0 aliphatic rings. The van der Waals surface area contributed by atoms with Crippen LogP contribution in [-0.2, 0) is 0 Å². The first-order chi connectivity index (χ1) is 3.06. The van der Waals surface area contributed by atoms with E-state index in [0.717, 1.165) is 0 Å². The summed E-state index contributed by atoms with van der Waals surface area (Å²) in [4.78, 5) is 1.85. The second-order valence-electron chi connectivity index (χ2n) is 1.86. The van der Waals surface area contributed by atoms with Gasteiger partial charge in [0.2, 0.25) is 0 Å². The molecule has 0 aromatic heterocycles. The molecule has 0 rings (SSSR count). The molecule has 0 spiro atoms. The van der Waals surface area contributed by atoms with E-state index < -0.39 is 0 Å². The van der Waals surface area contributed by atoms with Crippen LogP contribution in [0, 0.1) is 0 Å². The van der Waals surface area contributed by atoms with Crippen LogP contribution in [0.2, 0.25) is 0 Å². The Kier molecular flexibility index (Phi) is 3.16. The zero-order valence-corrected chi connectivity index (χ0v) is 7.58. The van der Waals surface area contributed by atoms with Crippen molar-refractivity contribution in [2.75, 3.05) is 0 Å². The maximum absolute atomic E-state index is 3.42. The smallest absolute Gasteiger partial charge is 0.0388 e. The van der Waals surface area contributed by atoms with Gasteiger partial charge in [-0.1, -0.05) is 37.9 Å². The summed E-state index contributed by atoms with van der Waals surface area (Å²) >= 11 is 6.60. The first-order valence-corrected chi connectivity index (χ1v) is 3.74. The molecule has 0 saturated carbocycles. The normalized spacial score (nSPS) is 13.1. The van der Waals surface area contributed by atoms with Gasteiger partial charge < -0.3 is 0 Å². The second-order valence-corrected chi connectivity index (χ2v) is 4.43. The Morgan fingerprint density at radius 2 is 1.86 bits per heavy atom. The lowest BCUT2D eigenvalue weighted by Gasteiger charge is -2.06. The van der Waals surface area contributed by atoms with E-state index in [1.165, 1.54) is 0 Å². The maximum Gasteiger partial charge on any atom is 0.0388 e. The van der Waals surface area contributed by atoms with Crippen molar-refractivity contribution in [2.24, 2.45) is 0 Å². The van der Waals surface area contributed by atoms with Gasteiger partial charge in [-0.25, -0.2) is 0 Å². The predicted octanol–water partition coefficient (Wildman–Crippen LogP) is 3.07. The van der Waals surface area contributed by atoms with Crippen LogP contribution in [0.15, 0.2) is 11.1 Å². The summed E-state index contributed by atoms with van der Waals surface area (Å²) in [7, 11) is 0. The molecule has 0 aliphatic heterocycles. The second kappa shape index (κ2) is 2.88. The van der Waals surface area contributed by atoms with Gasteiger partial charge in [-0.3, -0.25) is 0 Å². The van der Waals surface area contributed by atoms with Crippen LogP contribution in [0.5, 0.6) is 0 Å². The highest BCUT2D eigenvalue weighted by Crippen LogP contribution is 2.17. The van der Waals surface area contributed by atoms with E-state index in [2.05, 4.69) is 45.7 Å². The molecule has 0 saturated heterocycles. The lowest BCUT2D eigenvalue weighted by Crippen LogP contribution is -2.01. The molecular formula is C5H8Br2. The van der Waals surface area contributed by atoms with Crippen molar-refractivity contribution in [3.63, 3.8) is 0 Å². The van der Waals surface area contributed by atoms with Crippen LogP contribution in [0.4, 0.5) is 0 Å². The molecule has 0 unspecified atom stereocenters. The van der Waals surface area contributed by atoms with E-state index in [9.17, 15) is 0 Å². The van der Waals surface area contributed by atoms with Crippen molar-refractivity contribution in [2.45, 2.75) is 18.2 Å². The Morgan fingerprint density at radius 1 is 1.43 bits per heavy atom. The van der Waals surface area contributed by atoms with E-state index in [4.69, 9.17) is 0 Å². The third kappa shape index (κ3) is 6.70. The molecule has 0 N–H and O–H groups in total. The van der Waals surface area contributed by atoms with E-state index in [-0.39, 0.29) is 4.32 Å². The van der Waals surface area contributed by atoms with Crippen molar-refractivity contribution in [3.8, 4) is 0 Å². The Balaban J connectivity index is 3.56. The molecule has 0 aromatic carbocycles. The van der Waals surface area contributed by atoms with Crippen LogP contribution >= 0.6 is 31.9 Å². The molecule has 0 radical (unpaired) electrons. The molecule has 0 aliphatic carbocycles. The fourth-order valence-electron chi connectivity index (χ4n) is 0.150. The Labute approximate surface area is 61.2 Å². The average molecular weight is 228 g/mol. The number of rotatable bonds is 1. The SMILES string of the molecule is CC(C)(Br)C=CBr. The highest BCUT2D eigenvalue weighted by Gasteiger charge is 2.04. The molecule has 0 aromatic rings. The van der Waals surface area contributed by atoms with Crippen LogP contribution in [-0.4, -0.2) is 4.32 Å². The fraction of sp³-hybridized carbons (Fsp3) is 0.600. The third-order valence-electron chi connectivity index (χ3n) is 0.459. The van der Waals surface area contributed by atoms with Gasteiger partial charge in [0.05, 0.1) is 0 Å². The van der Waals surface area contributed by atoms with Crippen LogP contribution in [0.1, 0.15) is 13.8 Å². The summed E-state index contributed by atoms with van der Waals surface area (Å²) in [5.41, 5.74) is 0. The minimum Gasteiger partial charge on any atom is -0.0814 e. The number of alkyl halides is 1. The van der Waals surface area contributed by atoms with Crippen molar-refractivity contribution >= 4 is 31.9 Å². The summed E-state index contributed by atoms with van der Waals surface area (Å²) in [6.45, 7) is 4.15. The molecule has 0 amide bonds. The van der Waals surface area contributed by atoms with Crippen molar-refractivity contribution in [1.29, 1.82) is 0 Å². The molecule has 0 heterocycles. The predicted molar refractivity (Wildman–Crippen MR) is 41.1 cm³/mol. The quantitative estimate of drug-likeness (QED) is 0.605. The van der Waals surface area contributed by atoms with Crippen LogP contribution in [0.25, 0.3) is 0 Å². The maximum atomic E-state index is 3.42. The van der Waals surface area contributed by atoms with E-state index in [0.29, 0.717) is 0 Å². The summed E-state index contributed by atoms with van der Waals surface area (Å²) in [5, 5.41) is 0. The monoisotopic (exact) mass is 226 g/mol. The van der Waals surface area contributed by atoms with Gasteiger partial charge >= 0.3 is 0 Å². The largest absolute Gasteiger partial charge is 0.0814 e. The van der Waals surface area contributed by atoms with Crippen LogP contribution < -0.4 is 0 Å². The Morgan fingerprint density at radius 3 is 1.86 bits per heavy atom. The van der Waals surface area contributed by atoms with Gasteiger partial charge in [0.25, 0.3) is 0 Å². The van der Waals surface area contributed by atoms with Crippen LogP contribution in [0.3, 0.4) is 0 Å². The van der Waals surface area contributed by atoms with Gasteiger partial charge in [0.15, 0.2) is 0 Å². The van der Waals surface area contributed by atoms with E-state index in [1.807, 2.05) is 11.1 Å². The number of hydrogen-bond acceptors (Lipinski definition) is 0. The van der Waals surface area contributed by atoms with Gasteiger partial charge in [-0.2, -0.15) is 0 Å². The minimum absolute atomic E-state index is 0.135. The van der Waals surface area contributed by atoms with Gasteiger partial charge in [-0.05, 0) is 18.8 Å². The summed E-state index contributed by atoms with van der Waals surface area (Å²) in [5.74, 6) is 0. The zero-order chi connectivity index (χ0) is 5.91. The average Bonchev–Trinajstić information content (AvgIpc) is 1.30. The molecular weight excluding hydrogens is 220 g/mol. The molecule has 0 fully saturated rings. The lowest BCUT2D eigenvalue weighted by molar-refractivity contribution is 0.923. The number of hydrogen-bond donors (Lipinski definition) is 0. The molecule has 0 nitrogen and oxygen atoms in total. The number of allylic oxidation sites excluding steroid dienone is 1.